The van der Waals surface area contributed by atoms with E-state index in [1.807, 2.05) is 18.2 Å². The van der Waals surface area contributed by atoms with Gasteiger partial charge in [-0.05, 0) is 31.1 Å². The zero-order chi connectivity index (χ0) is 18.5. The van der Waals surface area contributed by atoms with Gasteiger partial charge >= 0.3 is 5.69 Å². The van der Waals surface area contributed by atoms with Gasteiger partial charge in [-0.2, -0.15) is 9.61 Å². The highest BCUT2D eigenvalue weighted by atomic mass is 35.5. The Morgan fingerprint density at radius 3 is 2.89 bits per heavy atom. The number of rotatable bonds is 3. The number of aromatic hydroxyl groups is 1. The Kier molecular flexibility index (Phi) is 3.66. The van der Waals surface area contributed by atoms with Gasteiger partial charge in [0.2, 0.25) is 5.88 Å². The summed E-state index contributed by atoms with van der Waals surface area (Å²) in [6.45, 7) is 0. The summed E-state index contributed by atoms with van der Waals surface area (Å²) in [5, 5.41) is 14.9. The van der Waals surface area contributed by atoms with Crippen molar-refractivity contribution in [3.05, 3.63) is 55.6 Å². The molecule has 3 N–H and O–H groups in total. The van der Waals surface area contributed by atoms with E-state index in [1.54, 1.807) is 16.8 Å². The minimum absolute atomic E-state index is 0.233. The van der Waals surface area contributed by atoms with Gasteiger partial charge in [0.25, 0.3) is 0 Å². The van der Waals surface area contributed by atoms with Crippen LogP contribution in [0.5, 0.6) is 5.88 Å². The van der Waals surface area contributed by atoms with E-state index in [1.165, 1.54) is 11.3 Å². The van der Waals surface area contributed by atoms with Crippen LogP contribution in [0.25, 0.3) is 22.3 Å². The number of imidazole rings is 1. The van der Waals surface area contributed by atoms with Gasteiger partial charge in [0.1, 0.15) is 5.69 Å². The third-order valence-corrected chi connectivity index (χ3v) is 5.46. The molecular formula is C17H13ClN6O2S. The lowest BCUT2D eigenvalue weighted by Crippen LogP contribution is -2.19. The summed E-state index contributed by atoms with van der Waals surface area (Å²) in [4.78, 5) is 26.6. The number of hydrogen-bond donors (Lipinski definition) is 3. The molecule has 4 heterocycles. The minimum atomic E-state index is -0.485. The summed E-state index contributed by atoms with van der Waals surface area (Å²) >= 11 is 7.52. The number of nitrogens with zero attached hydrogens (tertiary/aromatic N) is 4. The fraction of sp³-hybridized carbons (Fsp3) is 0.176. The summed E-state index contributed by atoms with van der Waals surface area (Å²) in [5.74, 6) is -0.233. The van der Waals surface area contributed by atoms with Crippen LogP contribution in [-0.2, 0) is 0 Å². The average Bonchev–Trinajstić information content (AvgIpc) is 3.04. The summed E-state index contributed by atoms with van der Waals surface area (Å²) in [7, 11) is 0. The highest BCUT2D eigenvalue weighted by Crippen LogP contribution is 2.29. The van der Waals surface area contributed by atoms with E-state index >= 15 is 0 Å². The summed E-state index contributed by atoms with van der Waals surface area (Å²) in [6.07, 6.45) is 5.39. The van der Waals surface area contributed by atoms with Crippen molar-refractivity contribution in [1.82, 2.24) is 24.6 Å². The quantitative estimate of drug-likeness (QED) is 0.483. The molecule has 1 aliphatic rings. The van der Waals surface area contributed by atoms with E-state index in [-0.39, 0.29) is 11.6 Å². The molecule has 1 aliphatic carbocycles. The van der Waals surface area contributed by atoms with Gasteiger partial charge in [0.15, 0.2) is 11.1 Å². The van der Waals surface area contributed by atoms with Crippen LogP contribution in [0.1, 0.15) is 18.5 Å². The Morgan fingerprint density at radius 2 is 2.22 bits per heavy atom. The molecule has 4 aromatic rings. The predicted molar refractivity (Wildman–Crippen MR) is 102 cm³/mol. The van der Waals surface area contributed by atoms with Gasteiger partial charge in [-0.15, -0.1) is 11.3 Å². The van der Waals surface area contributed by atoms with E-state index in [0.717, 1.165) is 23.4 Å². The highest BCUT2D eigenvalue weighted by molar-refractivity contribution is 7.19. The van der Waals surface area contributed by atoms with Crippen molar-refractivity contribution in [3.8, 4) is 16.5 Å². The Labute approximate surface area is 160 Å². The monoisotopic (exact) mass is 400 g/mol. The zero-order valence-corrected chi connectivity index (χ0v) is 15.4. The second kappa shape index (κ2) is 6.07. The van der Waals surface area contributed by atoms with E-state index < -0.39 is 5.69 Å². The normalized spacial score (nSPS) is 15.9. The van der Waals surface area contributed by atoms with Gasteiger partial charge in [-0.1, -0.05) is 11.6 Å². The second-order valence-corrected chi connectivity index (χ2v) is 8.00. The van der Waals surface area contributed by atoms with Crippen LogP contribution in [-0.4, -0.2) is 35.7 Å². The molecule has 4 aromatic heterocycles. The van der Waals surface area contributed by atoms with Crippen LogP contribution in [0.15, 0.2) is 34.2 Å². The number of aromatic amines is 2. The van der Waals surface area contributed by atoms with Gasteiger partial charge < -0.3 is 10.1 Å². The van der Waals surface area contributed by atoms with Crippen molar-refractivity contribution >= 4 is 34.7 Å². The van der Waals surface area contributed by atoms with Crippen molar-refractivity contribution in [3.63, 3.8) is 0 Å². The number of hydrogen-bond acceptors (Lipinski definition) is 6. The molecule has 0 aromatic carbocycles. The first-order valence-corrected chi connectivity index (χ1v) is 9.47. The van der Waals surface area contributed by atoms with E-state index in [2.05, 4.69) is 15.1 Å². The largest absolute Gasteiger partial charge is 0.493 e. The summed E-state index contributed by atoms with van der Waals surface area (Å²) in [5.41, 5.74) is 1.83. The number of thiophene rings is 1. The van der Waals surface area contributed by atoms with Crippen molar-refractivity contribution in [2.75, 3.05) is 0 Å². The molecule has 10 heteroatoms. The SMILES string of the molecule is O=c1[nH]c(O)c(C=c2cnn3c(=NC4CC4)cc(-c4ccc(Cl)s4)nc23)[nH]1. The van der Waals surface area contributed by atoms with Crippen LogP contribution in [0.3, 0.4) is 0 Å². The Bertz CT molecular complexity index is 1340. The molecule has 1 fully saturated rings. The van der Waals surface area contributed by atoms with Crippen molar-refractivity contribution in [2.24, 2.45) is 4.99 Å². The predicted octanol–water partition coefficient (Wildman–Crippen LogP) is 1.44. The van der Waals surface area contributed by atoms with Crippen LogP contribution >= 0.6 is 22.9 Å². The summed E-state index contributed by atoms with van der Waals surface area (Å²) < 4.78 is 2.35. The lowest BCUT2D eigenvalue weighted by atomic mass is 10.3. The zero-order valence-electron chi connectivity index (χ0n) is 13.8. The fourth-order valence-corrected chi connectivity index (χ4v) is 3.78. The molecule has 0 saturated heterocycles. The Balaban J connectivity index is 1.79. The maximum absolute atomic E-state index is 11.4. The van der Waals surface area contributed by atoms with E-state index in [4.69, 9.17) is 21.6 Å². The average molecular weight is 401 g/mol. The smallest absolute Gasteiger partial charge is 0.326 e. The molecule has 136 valence electrons. The Morgan fingerprint density at radius 1 is 1.37 bits per heavy atom. The minimum Gasteiger partial charge on any atom is -0.493 e. The van der Waals surface area contributed by atoms with Crippen LogP contribution in [0.2, 0.25) is 4.34 Å². The first kappa shape index (κ1) is 16.3. The molecular weight excluding hydrogens is 388 g/mol. The molecule has 1 saturated carbocycles. The number of nitrogens with one attached hydrogen (secondary N) is 2. The first-order chi connectivity index (χ1) is 13.1. The van der Waals surface area contributed by atoms with E-state index in [9.17, 15) is 9.90 Å². The molecule has 0 amide bonds. The second-order valence-electron chi connectivity index (χ2n) is 6.28. The lowest BCUT2D eigenvalue weighted by Gasteiger charge is -2.00. The summed E-state index contributed by atoms with van der Waals surface area (Å²) in [6, 6.07) is 5.97. The molecule has 0 aliphatic heterocycles. The third kappa shape index (κ3) is 3.04. The van der Waals surface area contributed by atoms with Gasteiger partial charge in [0.05, 0.1) is 27.1 Å². The topological polar surface area (TPSA) is 111 Å². The van der Waals surface area contributed by atoms with Crippen molar-refractivity contribution in [2.45, 2.75) is 18.9 Å². The lowest BCUT2D eigenvalue weighted by molar-refractivity contribution is 0.454. The molecule has 27 heavy (non-hydrogen) atoms. The highest BCUT2D eigenvalue weighted by Gasteiger charge is 2.20. The van der Waals surface area contributed by atoms with Crippen LogP contribution in [0.4, 0.5) is 0 Å². The molecule has 0 spiro atoms. The molecule has 8 nitrogen and oxygen atoms in total. The van der Waals surface area contributed by atoms with Crippen molar-refractivity contribution < 1.29 is 5.11 Å². The number of halogens is 1. The third-order valence-electron chi connectivity index (χ3n) is 4.20. The van der Waals surface area contributed by atoms with E-state index in [0.29, 0.717) is 26.7 Å². The fourth-order valence-electron chi connectivity index (χ4n) is 2.77. The molecule has 0 bridgehead atoms. The maximum atomic E-state index is 11.4. The molecule has 0 atom stereocenters. The van der Waals surface area contributed by atoms with Gasteiger partial charge in [-0.25, -0.2) is 9.78 Å². The number of H-pyrrole nitrogens is 2. The van der Waals surface area contributed by atoms with Crippen LogP contribution < -0.4 is 16.4 Å². The Hall–Kier alpha value is -2.91. The van der Waals surface area contributed by atoms with Crippen LogP contribution in [0, 0.1) is 0 Å². The maximum Gasteiger partial charge on any atom is 0.326 e. The molecule has 0 unspecified atom stereocenters. The van der Waals surface area contributed by atoms with Gasteiger partial charge in [-0.3, -0.25) is 9.98 Å². The number of fused-ring (bicyclic) bond motifs is 1. The molecule has 5 rings (SSSR count). The standard InChI is InChI=1S/C17H13ClN6O2S/c18-13-4-3-12(27-13)10-6-14(20-9-1-2-9)24-15(21-10)8(7-19-24)5-11-16(25)23-17(26)22-11/h3-7,9,25H,1-2H2,(H2,22,23,26). The molecule has 0 radical (unpaired) electrons. The van der Waals surface area contributed by atoms with Gasteiger partial charge in [0, 0.05) is 11.3 Å². The first-order valence-electron chi connectivity index (χ1n) is 8.28. The number of aromatic nitrogens is 5. The van der Waals surface area contributed by atoms with Crippen molar-refractivity contribution in [1.29, 1.82) is 0 Å².